The Bertz CT molecular complexity index is 461. The van der Waals surface area contributed by atoms with E-state index in [-0.39, 0.29) is 11.5 Å². The SMILES string of the molecule is COc1ccc(NC(=O)C(N)CC(=O)O)cc1O. The molecule has 0 spiro atoms. The number of hydrogen-bond acceptors (Lipinski definition) is 5. The first-order valence-corrected chi connectivity index (χ1v) is 5.09. The third kappa shape index (κ3) is 3.63. The Labute approximate surface area is 103 Å². The van der Waals surface area contributed by atoms with Crippen molar-refractivity contribution in [2.24, 2.45) is 5.73 Å². The van der Waals surface area contributed by atoms with Crippen LogP contribution >= 0.6 is 0 Å². The monoisotopic (exact) mass is 254 g/mol. The number of anilines is 1. The van der Waals surface area contributed by atoms with Gasteiger partial charge in [-0.15, -0.1) is 0 Å². The van der Waals surface area contributed by atoms with Gasteiger partial charge in [0.15, 0.2) is 11.5 Å². The number of amides is 1. The van der Waals surface area contributed by atoms with E-state index < -0.39 is 24.3 Å². The van der Waals surface area contributed by atoms with Crippen LogP contribution in [0.3, 0.4) is 0 Å². The van der Waals surface area contributed by atoms with Gasteiger partial charge in [0.05, 0.1) is 19.6 Å². The smallest absolute Gasteiger partial charge is 0.305 e. The van der Waals surface area contributed by atoms with Crippen LogP contribution < -0.4 is 15.8 Å². The third-order valence-corrected chi connectivity index (χ3v) is 2.18. The average Bonchev–Trinajstić information content (AvgIpc) is 2.28. The molecule has 1 aromatic carbocycles. The largest absolute Gasteiger partial charge is 0.504 e. The summed E-state index contributed by atoms with van der Waals surface area (Å²) in [5.74, 6) is -1.66. The number of carbonyl (C=O) groups excluding carboxylic acids is 1. The molecule has 1 rings (SSSR count). The number of carboxylic acids is 1. The molecule has 0 aliphatic rings. The number of phenolic OH excluding ortho intramolecular Hbond substituents is 1. The molecule has 1 aromatic rings. The highest BCUT2D eigenvalue weighted by Crippen LogP contribution is 2.28. The van der Waals surface area contributed by atoms with Gasteiger partial charge in [-0.05, 0) is 12.1 Å². The number of benzene rings is 1. The number of ether oxygens (including phenoxy) is 1. The van der Waals surface area contributed by atoms with Crippen LogP contribution in [0.4, 0.5) is 5.69 Å². The summed E-state index contributed by atoms with van der Waals surface area (Å²) in [5.41, 5.74) is 5.68. The lowest BCUT2D eigenvalue weighted by atomic mass is 10.2. The molecular formula is C11H14N2O5. The van der Waals surface area contributed by atoms with Gasteiger partial charge < -0.3 is 26.0 Å². The van der Waals surface area contributed by atoms with Crippen LogP contribution in [0.1, 0.15) is 6.42 Å². The van der Waals surface area contributed by atoms with E-state index in [1.54, 1.807) is 0 Å². The quantitative estimate of drug-likeness (QED) is 0.593. The Kier molecular flexibility index (Phi) is 4.50. The maximum Gasteiger partial charge on any atom is 0.305 e. The Hall–Kier alpha value is -2.28. The van der Waals surface area contributed by atoms with Crippen molar-refractivity contribution < 1.29 is 24.5 Å². The molecule has 0 aromatic heterocycles. The van der Waals surface area contributed by atoms with Crippen molar-refractivity contribution in [1.29, 1.82) is 0 Å². The molecule has 0 saturated carbocycles. The normalized spacial score (nSPS) is 11.7. The number of phenols is 1. The fourth-order valence-corrected chi connectivity index (χ4v) is 1.28. The lowest BCUT2D eigenvalue weighted by Gasteiger charge is -2.11. The molecule has 18 heavy (non-hydrogen) atoms. The molecule has 0 aliphatic heterocycles. The second-order valence-corrected chi connectivity index (χ2v) is 3.58. The van der Waals surface area contributed by atoms with E-state index in [0.29, 0.717) is 5.69 Å². The van der Waals surface area contributed by atoms with Gasteiger partial charge in [0.1, 0.15) is 0 Å². The Morgan fingerprint density at radius 2 is 2.17 bits per heavy atom. The summed E-state index contributed by atoms with van der Waals surface area (Å²) in [6, 6.07) is 3.11. The fourth-order valence-electron chi connectivity index (χ4n) is 1.28. The molecule has 1 atom stereocenters. The summed E-state index contributed by atoms with van der Waals surface area (Å²) >= 11 is 0. The predicted molar refractivity (Wildman–Crippen MR) is 63.5 cm³/mol. The van der Waals surface area contributed by atoms with E-state index in [9.17, 15) is 14.7 Å². The Morgan fingerprint density at radius 1 is 1.50 bits per heavy atom. The number of rotatable bonds is 5. The van der Waals surface area contributed by atoms with E-state index in [1.807, 2.05) is 0 Å². The minimum Gasteiger partial charge on any atom is -0.504 e. The molecule has 0 aliphatic carbocycles. The number of hydrogen-bond donors (Lipinski definition) is 4. The number of carbonyl (C=O) groups is 2. The van der Waals surface area contributed by atoms with Crippen molar-refractivity contribution >= 4 is 17.6 Å². The van der Waals surface area contributed by atoms with Crippen molar-refractivity contribution in [1.82, 2.24) is 0 Å². The first kappa shape index (κ1) is 13.8. The minimum absolute atomic E-state index is 0.137. The second kappa shape index (κ2) is 5.87. The highest BCUT2D eigenvalue weighted by Gasteiger charge is 2.17. The summed E-state index contributed by atoms with van der Waals surface area (Å²) in [6.07, 6.45) is -0.464. The number of methoxy groups -OCH3 is 1. The molecule has 0 heterocycles. The summed E-state index contributed by atoms with van der Waals surface area (Å²) in [6.45, 7) is 0. The molecule has 7 heteroatoms. The zero-order valence-electron chi connectivity index (χ0n) is 9.71. The lowest BCUT2D eigenvalue weighted by Crippen LogP contribution is -2.37. The highest BCUT2D eigenvalue weighted by atomic mass is 16.5. The summed E-state index contributed by atoms with van der Waals surface area (Å²) in [4.78, 5) is 21.9. The zero-order chi connectivity index (χ0) is 13.7. The third-order valence-electron chi connectivity index (χ3n) is 2.18. The van der Waals surface area contributed by atoms with Gasteiger partial charge in [0.2, 0.25) is 5.91 Å². The maximum atomic E-state index is 11.5. The zero-order valence-corrected chi connectivity index (χ0v) is 9.71. The average molecular weight is 254 g/mol. The van der Waals surface area contributed by atoms with Crippen molar-refractivity contribution in [2.75, 3.05) is 12.4 Å². The second-order valence-electron chi connectivity index (χ2n) is 3.58. The Morgan fingerprint density at radius 3 is 2.67 bits per heavy atom. The molecule has 7 nitrogen and oxygen atoms in total. The van der Waals surface area contributed by atoms with Gasteiger partial charge in [-0.2, -0.15) is 0 Å². The number of nitrogens with one attached hydrogen (secondary N) is 1. The standard InChI is InChI=1S/C11H14N2O5/c1-18-9-3-2-6(4-8(9)14)13-11(17)7(12)5-10(15)16/h2-4,7,14H,5,12H2,1H3,(H,13,17)(H,15,16). The van der Waals surface area contributed by atoms with Gasteiger partial charge in [0, 0.05) is 11.8 Å². The number of aliphatic carboxylic acids is 1. The summed E-state index contributed by atoms with van der Waals surface area (Å²) < 4.78 is 4.84. The first-order chi connectivity index (χ1) is 8.43. The van der Waals surface area contributed by atoms with Gasteiger partial charge in [0.25, 0.3) is 0 Å². The van der Waals surface area contributed by atoms with Gasteiger partial charge in [-0.25, -0.2) is 0 Å². The summed E-state index contributed by atoms with van der Waals surface area (Å²) in [7, 11) is 1.40. The molecule has 1 amide bonds. The highest BCUT2D eigenvalue weighted by molar-refractivity contribution is 5.96. The van der Waals surface area contributed by atoms with Crippen molar-refractivity contribution in [2.45, 2.75) is 12.5 Å². The number of carboxylic acid groups (broad SMARTS) is 1. The van der Waals surface area contributed by atoms with Crippen molar-refractivity contribution in [3.63, 3.8) is 0 Å². The van der Waals surface area contributed by atoms with Crippen LogP contribution in [0.25, 0.3) is 0 Å². The predicted octanol–water partition coefficient (Wildman–Crippen LogP) is 0.141. The topological polar surface area (TPSA) is 122 Å². The van der Waals surface area contributed by atoms with Gasteiger partial charge in [-0.1, -0.05) is 0 Å². The van der Waals surface area contributed by atoms with Crippen LogP contribution in [-0.4, -0.2) is 35.2 Å². The Balaban J connectivity index is 2.70. The maximum absolute atomic E-state index is 11.5. The fraction of sp³-hybridized carbons (Fsp3) is 0.273. The van der Waals surface area contributed by atoms with Crippen molar-refractivity contribution in [3.8, 4) is 11.5 Å². The minimum atomic E-state index is -1.16. The molecule has 0 saturated heterocycles. The van der Waals surface area contributed by atoms with Gasteiger partial charge >= 0.3 is 5.97 Å². The van der Waals surface area contributed by atoms with Crippen LogP contribution in [0.15, 0.2) is 18.2 Å². The number of aromatic hydroxyl groups is 1. The molecule has 0 radical (unpaired) electrons. The van der Waals surface area contributed by atoms with Gasteiger partial charge in [-0.3, -0.25) is 9.59 Å². The van der Waals surface area contributed by atoms with E-state index in [2.05, 4.69) is 5.32 Å². The molecule has 0 bridgehead atoms. The van der Waals surface area contributed by atoms with Crippen molar-refractivity contribution in [3.05, 3.63) is 18.2 Å². The molecule has 1 unspecified atom stereocenters. The van der Waals surface area contributed by atoms with Crippen LogP contribution in [0.2, 0.25) is 0 Å². The van der Waals surface area contributed by atoms with Crippen LogP contribution in [0.5, 0.6) is 11.5 Å². The van der Waals surface area contributed by atoms with E-state index >= 15 is 0 Å². The molecule has 98 valence electrons. The molecule has 5 N–H and O–H groups in total. The first-order valence-electron chi connectivity index (χ1n) is 5.09. The van der Waals surface area contributed by atoms with Crippen LogP contribution in [0, 0.1) is 0 Å². The summed E-state index contributed by atoms with van der Waals surface area (Å²) in [5, 5.41) is 20.4. The lowest BCUT2D eigenvalue weighted by molar-refractivity contribution is -0.138. The van der Waals surface area contributed by atoms with E-state index in [4.69, 9.17) is 15.6 Å². The van der Waals surface area contributed by atoms with E-state index in [0.717, 1.165) is 0 Å². The molecular weight excluding hydrogens is 240 g/mol. The number of nitrogens with two attached hydrogens (primary N) is 1. The molecule has 0 fully saturated rings. The van der Waals surface area contributed by atoms with Crippen LogP contribution in [-0.2, 0) is 9.59 Å². The van der Waals surface area contributed by atoms with E-state index in [1.165, 1.54) is 25.3 Å².